The average molecular weight is 197 g/mol. The maximum atomic E-state index is 8.56. The zero-order valence-corrected chi connectivity index (χ0v) is 7.71. The van der Waals surface area contributed by atoms with Crippen LogP contribution in [0.2, 0.25) is 5.02 Å². The molecule has 68 valence electrons. The van der Waals surface area contributed by atoms with Gasteiger partial charge in [-0.05, 0) is 18.2 Å². The minimum absolute atomic E-state index is 0.422. The van der Waals surface area contributed by atoms with Crippen LogP contribution in [0.1, 0.15) is 5.56 Å². The van der Waals surface area contributed by atoms with Gasteiger partial charge in [0.15, 0.2) is 0 Å². The largest absolute Gasteiger partial charge is 0.491 e. The molecule has 0 aliphatic rings. The summed E-state index contributed by atoms with van der Waals surface area (Å²) in [6.45, 7) is 0.863. The van der Waals surface area contributed by atoms with Crippen molar-refractivity contribution in [3.8, 4) is 11.8 Å². The molecule has 0 spiro atoms. The Morgan fingerprint density at radius 2 is 2.31 bits per heavy atom. The molecule has 4 heteroatoms. The van der Waals surface area contributed by atoms with Crippen molar-refractivity contribution in [2.75, 3.05) is 13.2 Å². The third-order valence-corrected chi connectivity index (χ3v) is 1.73. The first kappa shape index (κ1) is 9.85. The molecule has 0 aliphatic carbocycles. The van der Waals surface area contributed by atoms with Crippen LogP contribution in [-0.4, -0.2) is 13.2 Å². The van der Waals surface area contributed by atoms with Crippen LogP contribution in [0, 0.1) is 11.3 Å². The van der Waals surface area contributed by atoms with Crippen molar-refractivity contribution in [3.63, 3.8) is 0 Å². The lowest BCUT2D eigenvalue weighted by molar-refractivity contribution is 0.328. The fourth-order valence-electron chi connectivity index (χ4n) is 0.856. The topological polar surface area (TPSA) is 59.0 Å². The van der Waals surface area contributed by atoms with E-state index in [-0.39, 0.29) is 0 Å². The molecule has 0 atom stereocenters. The summed E-state index contributed by atoms with van der Waals surface area (Å²) in [6, 6.07) is 6.86. The van der Waals surface area contributed by atoms with Gasteiger partial charge < -0.3 is 10.5 Å². The zero-order valence-electron chi connectivity index (χ0n) is 6.96. The molecule has 2 N–H and O–H groups in total. The van der Waals surface area contributed by atoms with E-state index in [1.165, 1.54) is 0 Å². The van der Waals surface area contributed by atoms with Crippen LogP contribution in [0.3, 0.4) is 0 Å². The Labute approximate surface area is 81.7 Å². The smallest absolute Gasteiger partial charge is 0.138 e. The molecular formula is C9H9ClN2O. The van der Waals surface area contributed by atoms with Crippen LogP contribution in [0.15, 0.2) is 18.2 Å². The van der Waals surface area contributed by atoms with E-state index in [0.29, 0.717) is 29.5 Å². The Morgan fingerprint density at radius 1 is 1.54 bits per heavy atom. The number of ether oxygens (including phenoxy) is 1. The molecule has 0 unspecified atom stereocenters. The second-order valence-electron chi connectivity index (χ2n) is 2.39. The van der Waals surface area contributed by atoms with Crippen LogP contribution in [-0.2, 0) is 0 Å². The Balaban J connectivity index is 2.81. The summed E-state index contributed by atoms with van der Waals surface area (Å²) < 4.78 is 5.22. The molecular weight excluding hydrogens is 188 g/mol. The highest BCUT2D eigenvalue weighted by atomic mass is 35.5. The fraction of sp³-hybridized carbons (Fsp3) is 0.222. The highest BCUT2D eigenvalue weighted by molar-refractivity contribution is 6.32. The molecule has 0 amide bonds. The van der Waals surface area contributed by atoms with Gasteiger partial charge >= 0.3 is 0 Å². The van der Waals surface area contributed by atoms with E-state index in [0.717, 1.165) is 0 Å². The first-order valence-corrected chi connectivity index (χ1v) is 4.18. The van der Waals surface area contributed by atoms with Crippen molar-refractivity contribution in [1.82, 2.24) is 0 Å². The van der Waals surface area contributed by atoms with Gasteiger partial charge in [0.2, 0.25) is 0 Å². The molecule has 1 aromatic rings. The number of rotatable bonds is 3. The summed E-state index contributed by atoms with van der Waals surface area (Å²) >= 11 is 5.83. The lowest BCUT2D eigenvalue weighted by atomic mass is 10.2. The number of hydrogen-bond acceptors (Lipinski definition) is 3. The van der Waals surface area contributed by atoms with Crippen LogP contribution in [0.4, 0.5) is 0 Å². The van der Waals surface area contributed by atoms with Gasteiger partial charge in [-0.2, -0.15) is 5.26 Å². The molecule has 3 nitrogen and oxygen atoms in total. The van der Waals surface area contributed by atoms with E-state index in [9.17, 15) is 0 Å². The molecule has 0 radical (unpaired) electrons. The van der Waals surface area contributed by atoms with Crippen molar-refractivity contribution in [1.29, 1.82) is 5.26 Å². The first-order valence-electron chi connectivity index (χ1n) is 3.80. The fourth-order valence-corrected chi connectivity index (χ4v) is 1.09. The van der Waals surface area contributed by atoms with Gasteiger partial charge in [0.05, 0.1) is 16.7 Å². The number of nitriles is 1. The molecule has 0 fully saturated rings. The van der Waals surface area contributed by atoms with Crippen molar-refractivity contribution in [2.45, 2.75) is 0 Å². The maximum absolute atomic E-state index is 8.56. The number of nitrogens with two attached hydrogens (primary N) is 1. The molecule has 13 heavy (non-hydrogen) atoms. The minimum atomic E-state index is 0.422. The van der Waals surface area contributed by atoms with E-state index >= 15 is 0 Å². The summed E-state index contributed by atoms with van der Waals surface area (Å²) in [5.74, 6) is 0.561. The summed E-state index contributed by atoms with van der Waals surface area (Å²) in [4.78, 5) is 0. The van der Waals surface area contributed by atoms with Crippen LogP contribution < -0.4 is 10.5 Å². The molecule has 0 heterocycles. The predicted molar refractivity (Wildman–Crippen MR) is 50.7 cm³/mol. The maximum Gasteiger partial charge on any atom is 0.138 e. The third-order valence-electron chi connectivity index (χ3n) is 1.44. The molecule has 1 aromatic carbocycles. The number of hydrogen-bond donors (Lipinski definition) is 1. The van der Waals surface area contributed by atoms with Crippen LogP contribution >= 0.6 is 11.6 Å². The Hall–Kier alpha value is -1.24. The molecule has 1 rings (SSSR count). The summed E-state index contributed by atoms with van der Waals surface area (Å²) in [5.41, 5.74) is 5.78. The van der Waals surface area contributed by atoms with Crippen molar-refractivity contribution < 1.29 is 4.74 Å². The number of halogens is 1. The van der Waals surface area contributed by atoms with E-state index in [2.05, 4.69) is 0 Å². The zero-order chi connectivity index (χ0) is 9.68. The Morgan fingerprint density at radius 3 is 2.85 bits per heavy atom. The number of benzene rings is 1. The summed E-state index contributed by atoms with van der Waals surface area (Å²) in [5, 5.41) is 9.00. The van der Waals surface area contributed by atoms with Gasteiger partial charge in [-0.25, -0.2) is 0 Å². The lowest BCUT2D eigenvalue weighted by Gasteiger charge is -2.05. The molecule has 0 aliphatic heterocycles. The highest BCUT2D eigenvalue weighted by Crippen LogP contribution is 2.24. The van der Waals surface area contributed by atoms with Crippen LogP contribution in [0.25, 0.3) is 0 Å². The average Bonchev–Trinajstić information content (AvgIpc) is 2.16. The first-order chi connectivity index (χ1) is 6.27. The van der Waals surface area contributed by atoms with E-state index in [4.69, 9.17) is 27.3 Å². The second kappa shape index (κ2) is 4.70. The lowest BCUT2D eigenvalue weighted by Crippen LogP contribution is -2.10. The third kappa shape index (κ3) is 2.62. The van der Waals surface area contributed by atoms with Gasteiger partial charge in [0.25, 0.3) is 0 Å². The van der Waals surface area contributed by atoms with Crippen molar-refractivity contribution >= 4 is 11.6 Å². The Bertz CT molecular complexity index is 333. The van der Waals surface area contributed by atoms with E-state index < -0.39 is 0 Å². The minimum Gasteiger partial charge on any atom is -0.491 e. The summed E-state index contributed by atoms with van der Waals surface area (Å²) in [6.07, 6.45) is 0. The van der Waals surface area contributed by atoms with E-state index in [1.807, 2.05) is 6.07 Å². The van der Waals surface area contributed by atoms with Gasteiger partial charge in [0.1, 0.15) is 12.4 Å². The van der Waals surface area contributed by atoms with Gasteiger partial charge in [-0.3, -0.25) is 0 Å². The SMILES string of the molecule is N#Cc1ccc(OCCN)c(Cl)c1. The standard InChI is InChI=1S/C9H9ClN2O/c10-8-5-7(6-12)1-2-9(8)13-4-3-11/h1-2,5H,3-4,11H2. The summed E-state index contributed by atoms with van der Waals surface area (Å²) in [7, 11) is 0. The van der Waals surface area contributed by atoms with Crippen molar-refractivity contribution in [2.24, 2.45) is 5.73 Å². The molecule has 0 saturated carbocycles. The number of nitrogens with zero attached hydrogens (tertiary/aromatic N) is 1. The van der Waals surface area contributed by atoms with Gasteiger partial charge in [-0.15, -0.1) is 0 Å². The molecule has 0 aromatic heterocycles. The quantitative estimate of drug-likeness (QED) is 0.798. The Kier molecular flexibility index (Phi) is 3.56. The predicted octanol–water partition coefficient (Wildman–Crippen LogP) is 1.55. The van der Waals surface area contributed by atoms with Crippen LogP contribution in [0.5, 0.6) is 5.75 Å². The normalized spacial score (nSPS) is 9.31. The second-order valence-corrected chi connectivity index (χ2v) is 2.80. The van der Waals surface area contributed by atoms with Gasteiger partial charge in [0, 0.05) is 6.54 Å². The molecule has 0 saturated heterocycles. The monoisotopic (exact) mass is 196 g/mol. The van der Waals surface area contributed by atoms with Gasteiger partial charge in [-0.1, -0.05) is 11.6 Å². The highest BCUT2D eigenvalue weighted by Gasteiger charge is 2.01. The molecule has 0 bridgehead atoms. The van der Waals surface area contributed by atoms with E-state index in [1.54, 1.807) is 18.2 Å². The van der Waals surface area contributed by atoms with Crippen molar-refractivity contribution in [3.05, 3.63) is 28.8 Å².